The summed E-state index contributed by atoms with van der Waals surface area (Å²) in [4.78, 5) is 29.4. The minimum atomic E-state index is -3.05. The predicted molar refractivity (Wildman–Crippen MR) is 106 cm³/mol. The Morgan fingerprint density at radius 2 is 2.14 bits per heavy atom. The lowest BCUT2D eigenvalue weighted by molar-refractivity contribution is -0.120. The van der Waals surface area contributed by atoms with E-state index >= 15 is 0 Å². The molecule has 1 saturated heterocycles. The largest absolute Gasteiger partial charge is 0.357 e. The monoisotopic (exact) mass is 424 g/mol. The predicted octanol–water partition coefficient (Wildman–Crippen LogP) is 1.19. The standard InChI is InChI=1S/C18H21ClN4O4S/c19-11-1-2-15-14(7-11)13-3-5-23(9-16(13)22-15)18(25)20-8-17(24)21-12-4-6-28(26,27)10-12/h1-2,7,12,22H,3-6,8-10H2,(H,20,25)(H,21,24). The number of halogens is 1. The molecule has 10 heteroatoms. The van der Waals surface area contributed by atoms with Gasteiger partial charge in [0, 0.05) is 34.2 Å². The van der Waals surface area contributed by atoms with Crippen LogP contribution in [0.5, 0.6) is 0 Å². The van der Waals surface area contributed by atoms with Crippen molar-refractivity contribution in [3.63, 3.8) is 0 Å². The summed E-state index contributed by atoms with van der Waals surface area (Å²) in [5.74, 6) is -0.323. The van der Waals surface area contributed by atoms with Crippen molar-refractivity contribution < 1.29 is 18.0 Å². The maximum atomic E-state index is 12.4. The van der Waals surface area contributed by atoms with Gasteiger partial charge in [-0.05, 0) is 36.6 Å². The Hall–Kier alpha value is -2.26. The second-order valence-electron chi connectivity index (χ2n) is 7.27. The van der Waals surface area contributed by atoms with Crippen LogP contribution in [0.25, 0.3) is 10.9 Å². The molecule has 4 rings (SSSR count). The Bertz CT molecular complexity index is 1050. The number of rotatable bonds is 3. The molecule has 3 amide bonds. The first kappa shape index (κ1) is 19.1. The van der Waals surface area contributed by atoms with E-state index in [9.17, 15) is 18.0 Å². The maximum Gasteiger partial charge on any atom is 0.318 e. The van der Waals surface area contributed by atoms with Crippen molar-refractivity contribution in [1.29, 1.82) is 0 Å². The summed E-state index contributed by atoms with van der Waals surface area (Å²) >= 11 is 6.08. The number of nitrogens with one attached hydrogen (secondary N) is 3. The van der Waals surface area contributed by atoms with Crippen LogP contribution in [0.15, 0.2) is 18.2 Å². The zero-order chi connectivity index (χ0) is 19.9. The number of amides is 3. The Balaban J connectivity index is 1.32. The van der Waals surface area contributed by atoms with Gasteiger partial charge in [-0.2, -0.15) is 0 Å². The number of carbonyl (C=O) groups excluding carboxylic acids is 2. The van der Waals surface area contributed by atoms with Gasteiger partial charge in [-0.25, -0.2) is 13.2 Å². The van der Waals surface area contributed by atoms with Crippen LogP contribution in [-0.2, 0) is 27.6 Å². The molecule has 1 fully saturated rings. The molecule has 2 aliphatic rings. The summed E-state index contributed by atoms with van der Waals surface area (Å²) in [7, 11) is -3.05. The first-order chi connectivity index (χ1) is 13.3. The number of hydrogen-bond acceptors (Lipinski definition) is 4. The van der Waals surface area contributed by atoms with Crippen LogP contribution in [0.3, 0.4) is 0 Å². The Labute approximate surface area is 167 Å². The van der Waals surface area contributed by atoms with Gasteiger partial charge in [-0.15, -0.1) is 0 Å². The zero-order valence-corrected chi connectivity index (χ0v) is 16.7. The molecule has 3 heterocycles. The first-order valence-corrected chi connectivity index (χ1v) is 11.3. The van der Waals surface area contributed by atoms with Crippen molar-refractivity contribution in [2.24, 2.45) is 0 Å². The van der Waals surface area contributed by atoms with E-state index in [2.05, 4.69) is 15.6 Å². The molecule has 3 N–H and O–H groups in total. The van der Waals surface area contributed by atoms with Gasteiger partial charge in [0.2, 0.25) is 5.91 Å². The molecule has 2 aromatic rings. The van der Waals surface area contributed by atoms with E-state index in [-0.39, 0.29) is 36.0 Å². The van der Waals surface area contributed by atoms with E-state index in [4.69, 9.17) is 11.6 Å². The average Bonchev–Trinajstić information content (AvgIpc) is 3.18. The summed E-state index contributed by atoms with van der Waals surface area (Å²) in [5.41, 5.74) is 3.13. The van der Waals surface area contributed by atoms with Crippen molar-refractivity contribution in [1.82, 2.24) is 20.5 Å². The van der Waals surface area contributed by atoms with E-state index < -0.39 is 9.84 Å². The van der Waals surface area contributed by atoms with Crippen LogP contribution in [0, 0.1) is 0 Å². The lowest BCUT2D eigenvalue weighted by Crippen LogP contribution is -2.47. The number of benzene rings is 1. The highest BCUT2D eigenvalue weighted by Crippen LogP contribution is 2.29. The third kappa shape index (κ3) is 3.95. The number of nitrogens with zero attached hydrogens (tertiary/aromatic N) is 1. The molecule has 0 spiro atoms. The van der Waals surface area contributed by atoms with Crippen molar-refractivity contribution >= 4 is 44.3 Å². The van der Waals surface area contributed by atoms with Gasteiger partial charge in [0.25, 0.3) is 0 Å². The summed E-state index contributed by atoms with van der Waals surface area (Å²) in [6.45, 7) is 0.789. The SMILES string of the molecule is O=C(CNC(=O)N1CCc2c([nH]c3ccc(Cl)cc23)C1)NC1CCS(=O)(=O)C1. The smallest absolute Gasteiger partial charge is 0.318 e. The summed E-state index contributed by atoms with van der Waals surface area (Å²) in [5, 5.41) is 7.03. The highest BCUT2D eigenvalue weighted by molar-refractivity contribution is 7.91. The number of fused-ring (bicyclic) bond motifs is 3. The van der Waals surface area contributed by atoms with Gasteiger partial charge in [-0.3, -0.25) is 4.79 Å². The molecule has 0 radical (unpaired) electrons. The molecule has 150 valence electrons. The van der Waals surface area contributed by atoms with Crippen LogP contribution in [0.2, 0.25) is 5.02 Å². The zero-order valence-electron chi connectivity index (χ0n) is 15.1. The highest BCUT2D eigenvalue weighted by atomic mass is 35.5. The van der Waals surface area contributed by atoms with Crippen LogP contribution in [0.4, 0.5) is 4.79 Å². The molecule has 0 saturated carbocycles. The van der Waals surface area contributed by atoms with E-state index in [1.165, 1.54) is 5.56 Å². The van der Waals surface area contributed by atoms with E-state index in [1.807, 2.05) is 18.2 Å². The molecule has 0 bridgehead atoms. The fourth-order valence-corrected chi connectivity index (χ4v) is 5.69. The highest BCUT2D eigenvalue weighted by Gasteiger charge is 2.29. The lowest BCUT2D eigenvalue weighted by atomic mass is 10.0. The van der Waals surface area contributed by atoms with Gasteiger partial charge in [0.15, 0.2) is 9.84 Å². The number of aromatic nitrogens is 1. The minimum absolute atomic E-state index is 0.0357. The van der Waals surface area contributed by atoms with Gasteiger partial charge in [0.05, 0.1) is 24.6 Å². The molecular formula is C18H21ClN4O4S. The number of aromatic amines is 1. The Morgan fingerprint density at radius 1 is 1.32 bits per heavy atom. The fourth-order valence-electron chi connectivity index (χ4n) is 3.84. The Kier molecular flexibility index (Phi) is 4.96. The fraction of sp³-hybridized carbons (Fsp3) is 0.444. The normalized spacial score (nSPS) is 20.8. The third-order valence-corrected chi connectivity index (χ3v) is 7.23. The quantitative estimate of drug-likeness (QED) is 0.687. The first-order valence-electron chi connectivity index (χ1n) is 9.12. The molecule has 0 aliphatic carbocycles. The molecular weight excluding hydrogens is 404 g/mol. The summed E-state index contributed by atoms with van der Waals surface area (Å²) < 4.78 is 22.9. The number of H-pyrrole nitrogens is 1. The topological polar surface area (TPSA) is 111 Å². The van der Waals surface area contributed by atoms with Gasteiger partial charge in [-0.1, -0.05) is 11.6 Å². The number of sulfone groups is 1. The van der Waals surface area contributed by atoms with E-state index in [1.54, 1.807) is 4.90 Å². The Morgan fingerprint density at radius 3 is 2.89 bits per heavy atom. The van der Waals surface area contributed by atoms with Crippen molar-refractivity contribution in [2.75, 3.05) is 24.6 Å². The third-order valence-electron chi connectivity index (χ3n) is 5.22. The number of hydrogen-bond donors (Lipinski definition) is 3. The summed E-state index contributed by atoms with van der Waals surface area (Å²) in [6.07, 6.45) is 1.12. The van der Waals surface area contributed by atoms with E-state index in [0.29, 0.717) is 31.0 Å². The molecule has 1 unspecified atom stereocenters. The van der Waals surface area contributed by atoms with Crippen molar-refractivity contribution in [2.45, 2.75) is 25.4 Å². The number of urea groups is 1. The van der Waals surface area contributed by atoms with Crippen LogP contribution in [0.1, 0.15) is 17.7 Å². The lowest BCUT2D eigenvalue weighted by Gasteiger charge is -2.27. The molecule has 2 aliphatic heterocycles. The second kappa shape index (κ2) is 7.29. The van der Waals surface area contributed by atoms with Crippen molar-refractivity contribution in [3.05, 3.63) is 34.5 Å². The van der Waals surface area contributed by atoms with Crippen molar-refractivity contribution in [3.8, 4) is 0 Å². The molecule has 1 aromatic carbocycles. The summed E-state index contributed by atoms with van der Waals surface area (Å²) in [6, 6.07) is 4.98. The number of carbonyl (C=O) groups is 2. The van der Waals surface area contributed by atoms with Gasteiger partial charge >= 0.3 is 6.03 Å². The van der Waals surface area contributed by atoms with Crippen LogP contribution >= 0.6 is 11.6 Å². The van der Waals surface area contributed by atoms with Crippen LogP contribution < -0.4 is 10.6 Å². The van der Waals surface area contributed by atoms with E-state index in [0.717, 1.165) is 16.6 Å². The maximum absolute atomic E-state index is 12.4. The second-order valence-corrected chi connectivity index (χ2v) is 9.93. The van der Waals surface area contributed by atoms with Gasteiger partial charge < -0.3 is 20.5 Å². The van der Waals surface area contributed by atoms with Gasteiger partial charge in [0.1, 0.15) is 0 Å². The molecule has 1 atom stereocenters. The van der Waals surface area contributed by atoms with Crippen LogP contribution in [-0.4, -0.2) is 60.9 Å². The molecule has 28 heavy (non-hydrogen) atoms. The minimum Gasteiger partial charge on any atom is -0.357 e. The molecule has 1 aromatic heterocycles. The average molecular weight is 425 g/mol. The molecule has 8 nitrogen and oxygen atoms in total.